The highest BCUT2D eigenvalue weighted by atomic mass is 32.2. The van der Waals surface area contributed by atoms with Gasteiger partial charge in [-0.25, -0.2) is 9.11 Å². The number of carbonyl (C=O) groups is 1. The molecule has 3 rings (SSSR count). The normalized spacial score (nSPS) is 11.2. The number of anilines is 1. The summed E-state index contributed by atoms with van der Waals surface area (Å²) in [5.74, 6) is -1.37. The number of nitrogens with one attached hydrogen (secondary N) is 2. The molecule has 0 saturated carbocycles. The van der Waals surface area contributed by atoms with Crippen molar-refractivity contribution < 1.29 is 22.3 Å². The van der Waals surface area contributed by atoms with Gasteiger partial charge in [-0.1, -0.05) is 30.3 Å². The Morgan fingerprint density at radius 2 is 1.77 bits per heavy atom. The lowest BCUT2D eigenvalue weighted by Crippen LogP contribution is -2.37. The molecule has 3 aromatic rings. The van der Waals surface area contributed by atoms with Gasteiger partial charge in [0, 0.05) is 30.4 Å². The van der Waals surface area contributed by atoms with Crippen molar-refractivity contribution in [2.45, 2.75) is 0 Å². The van der Waals surface area contributed by atoms with E-state index in [2.05, 4.69) is 10.0 Å². The summed E-state index contributed by atoms with van der Waals surface area (Å²) in [5.41, 5.74) is -0.433. The lowest BCUT2D eigenvalue weighted by Gasteiger charge is -2.17. The van der Waals surface area contributed by atoms with Gasteiger partial charge in [-0.2, -0.15) is 12.4 Å². The first kappa shape index (κ1) is 21.2. The number of carbonyl (C=O) groups excluding carboxylic acids is 1. The van der Waals surface area contributed by atoms with Gasteiger partial charge in [-0.05, 0) is 18.2 Å². The standard InChI is InChI=1S/C20H18FN3O5S/c1-22-30(27,28)24-18(25)11-9-15(19(24)13-6-4-3-5-7-13)20(26)23-14-8-10-16(21)17(12-14)29-2/h3-12,22H,1-2H3,(H,23,26). The molecular weight excluding hydrogens is 413 g/mol. The van der Waals surface area contributed by atoms with Crippen LogP contribution >= 0.6 is 0 Å². The Morgan fingerprint density at radius 3 is 2.40 bits per heavy atom. The van der Waals surface area contributed by atoms with Gasteiger partial charge in [0.25, 0.3) is 11.5 Å². The number of ether oxygens (including phenoxy) is 1. The molecule has 8 nitrogen and oxygen atoms in total. The van der Waals surface area contributed by atoms with Crippen molar-refractivity contribution in [1.82, 2.24) is 8.69 Å². The quantitative estimate of drug-likeness (QED) is 0.623. The third-order valence-corrected chi connectivity index (χ3v) is 5.61. The maximum absolute atomic E-state index is 13.6. The third-order valence-electron chi connectivity index (χ3n) is 4.25. The number of methoxy groups -OCH3 is 1. The molecule has 2 N–H and O–H groups in total. The molecular formula is C20H18FN3O5S. The van der Waals surface area contributed by atoms with E-state index in [1.165, 1.54) is 25.3 Å². The highest BCUT2D eigenvalue weighted by Gasteiger charge is 2.24. The second kappa shape index (κ2) is 8.47. The van der Waals surface area contributed by atoms with Gasteiger partial charge in [-0.3, -0.25) is 9.59 Å². The van der Waals surface area contributed by atoms with Crippen LogP contribution in [-0.4, -0.2) is 32.5 Å². The van der Waals surface area contributed by atoms with Crippen LogP contribution in [0, 0.1) is 5.82 Å². The molecule has 0 spiro atoms. The lowest BCUT2D eigenvalue weighted by molar-refractivity contribution is 0.102. The fourth-order valence-electron chi connectivity index (χ4n) is 2.84. The van der Waals surface area contributed by atoms with Gasteiger partial charge in [0.15, 0.2) is 11.6 Å². The van der Waals surface area contributed by atoms with Crippen molar-refractivity contribution in [3.05, 3.63) is 82.4 Å². The number of aromatic nitrogens is 1. The van der Waals surface area contributed by atoms with E-state index >= 15 is 0 Å². The highest BCUT2D eigenvalue weighted by molar-refractivity contribution is 7.88. The van der Waals surface area contributed by atoms with Crippen LogP contribution in [0.15, 0.2) is 65.5 Å². The van der Waals surface area contributed by atoms with Crippen LogP contribution in [0.5, 0.6) is 5.75 Å². The van der Waals surface area contributed by atoms with E-state index in [-0.39, 0.29) is 22.7 Å². The predicted octanol–water partition coefficient (Wildman–Crippen LogP) is 2.23. The van der Waals surface area contributed by atoms with E-state index in [1.807, 2.05) is 0 Å². The monoisotopic (exact) mass is 431 g/mol. The van der Waals surface area contributed by atoms with Gasteiger partial charge in [0.05, 0.1) is 18.4 Å². The average Bonchev–Trinajstić information content (AvgIpc) is 2.75. The zero-order valence-corrected chi connectivity index (χ0v) is 16.9. The van der Waals surface area contributed by atoms with Crippen molar-refractivity contribution in [2.24, 2.45) is 0 Å². The summed E-state index contributed by atoms with van der Waals surface area (Å²) in [4.78, 5) is 25.4. The Hall–Kier alpha value is -3.50. The van der Waals surface area contributed by atoms with E-state index in [0.29, 0.717) is 9.54 Å². The molecule has 0 saturated heterocycles. The minimum atomic E-state index is -4.25. The number of pyridine rings is 1. The molecule has 0 aliphatic carbocycles. The van der Waals surface area contributed by atoms with Crippen molar-refractivity contribution in [3.63, 3.8) is 0 Å². The van der Waals surface area contributed by atoms with Gasteiger partial charge in [0.2, 0.25) is 0 Å². The first-order chi connectivity index (χ1) is 14.3. The zero-order chi connectivity index (χ0) is 21.9. The molecule has 0 atom stereocenters. The van der Waals surface area contributed by atoms with Crippen LogP contribution in [0.2, 0.25) is 0 Å². The average molecular weight is 431 g/mol. The van der Waals surface area contributed by atoms with Crippen molar-refractivity contribution in [1.29, 1.82) is 0 Å². The highest BCUT2D eigenvalue weighted by Crippen LogP contribution is 2.26. The fraction of sp³-hybridized carbons (Fsp3) is 0.100. The number of halogens is 1. The minimum Gasteiger partial charge on any atom is -0.494 e. The molecule has 1 heterocycles. The van der Waals surface area contributed by atoms with E-state index in [1.54, 1.807) is 30.3 Å². The fourth-order valence-corrected chi connectivity index (χ4v) is 3.76. The van der Waals surface area contributed by atoms with Crippen LogP contribution in [0.3, 0.4) is 0 Å². The molecule has 0 unspecified atom stereocenters. The van der Waals surface area contributed by atoms with Gasteiger partial charge in [-0.15, -0.1) is 0 Å². The molecule has 30 heavy (non-hydrogen) atoms. The summed E-state index contributed by atoms with van der Waals surface area (Å²) in [6.45, 7) is 0. The first-order valence-corrected chi connectivity index (χ1v) is 10.1. The molecule has 0 fully saturated rings. The minimum absolute atomic E-state index is 0.0667. The van der Waals surface area contributed by atoms with Crippen LogP contribution in [0.4, 0.5) is 10.1 Å². The van der Waals surface area contributed by atoms with Crippen molar-refractivity contribution >= 4 is 21.8 Å². The third kappa shape index (κ3) is 4.09. The summed E-state index contributed by atoms with van der Waals surface area (Å²) in [6.07, 6.45) is 0. The Labute approximate surface area is 172 Å². The van der Waals surface area contributed by atoms with Crippen LogP contribution < -0.4 is 20.3 Å². The Bertz CT molecular complexity index is 1260. The SMILES string of the molecule is CNS(=O)(=O)n1c(-c2ccccc2)c(C(=O)Nc2ccc(F)c(OC)c2)ccc1=O. The Morgan fingerprint density at radius 1 is 1.07 bits per heavy atom. The van der Waals surface area contributed by atoms with E-state index < -0.39 is 27.5 Å². The summed E-state index contributed by atoms with van der Waals surface area (Å²) in [5, 5.41) is 2.57. The number of benzene rings is 2. The Balaban J connectivity index is 2.19. The summed E-state index contributed by atoms with van der Waals surface area (Å²) >= 11 is 0. The second-order valence-electron chi connectivity index (χ2n) is 6.08. The van der Waals surface area contributed by atoms with E-state index in [9.17, 15) is 22.4 Å². The topological polar surface area (TPSA) is 106 Å². The molecule has 0 radical (unpaired) electrons. The molecule has 156 valence electrons. The molecule has 0 aliphatic rings. The summed E-state index contributed by atoms with van der Waals surface area (Å²) in [7, 11) is -1.80. The molecule has 1 aromatic heterocycles. The smallest absolute Gasteiger partial charge is 0.308 e. The van der Waals surface area contributed by atoms with Crippen molar-refractivity contribution in [3.8, 4) is 17.0 Å². The molecule has 10 heteroatoms. The van der Waals surface area contributed by atoms with Crippen molar-refractivity contribution in [2.75, 3.05) is 19.5 Å². The van der Waals surface area contributed by atoms with E-state index in [4.69, 9.17) is 4.74 Å². The number of hydrogen-bond acceptors (Lipinski definition) is 5. The van der Waals surface area contributed by atoms with Crippen LogP contribution in [0.25, 0.3) is 11.3 Å². The zero-order valence-electron chi connectivity index (χ0n) is 16.0. The first-order valence-electron chi connectivity index (χ1n) is 8.69. The van der Waals surface area contributed by atoms with Gasteiger partial charge < -0.3 is 10.1 Å². The van der Waals surface area contributed by atoms with Gasteiger partial charge >= 0.3 is 10.2 Å². The molecule has 0 aliphatic heterocycles. The molecule has 2 aromatic carbocycles. The lowest BCUT2D eigenvalue weighted by atomic mass is 10.1. The van der Waals surface area contributed by atoms with E-state index in [0.717, 1.165) is 19.2 Å². The number of rotatable bonds is 6. The predicted molar refractivity (Wildman–Crippen MR) is 110 cm³/mol. The number of amides is 1. The summed E-state index contributed by atoms with van der Waals surface area (Å²) < 4.78 is 46.2. The number of hydrogen-bond donors (Lipinski definition) is 2. The molecule has 0 bridgehead atoms. The summed E-state index contributed by atoms with van der Waals surface area (Å²) in [6, 6.07) is 14.1. The van der Waals surface area contributed by atoms with Crippen LogP contribution in [0.1, 0.15) is 10.4 Å². The second-order valence-corrected chi connectivity index (χ2v) is 7.80. The largest absolute Gasteiger partial charge is 0.494 e. The van der Waals surface area contributed by atoms with Crippen LogP contribution in [-0.2, 0) is 10.2 Å². The number of nitrogens with zero attached hydrogens (tertiary/aromatic N) is 1. The maximum Gasteiger partial charge on any atom is 0.308 e. The Kier molecular flexibility index (Phi) is 5.99. The van der Waals surface area contributed by atoms with Gasteiger partial charge in [0.1, 0.15) is 0 Å². The maximum atomic E-state index is 13.6. The molecule has 1 amide bonds.